The highest BCUT2D eigenvalue weighted by Crippen LogP contribution is 2.39. The average Bonchev–Trinajstić information content (AvgIpc) is 2.46. The third kappa shape index (κ3) is 3.12. The second kappa shape index (κ2) is 5.77. The zero-order chi connectivity index (χ0) is 17.4. The smallest absolute Gasteiger partial charge is 0.417 e. The molecule has 0 aliphatic rings. The Balaban J connectivity index is 2.75. The van der Waals surface area contributed by atoms with Crippen LogP contribution < -0.4 is 4.74 Å². The summed E-state index contributed by atoms with van der Waals surface area (Å²) in [4.78, 5) is -1.20. The number of ether oxygens (including phenoxy) is 1. The average molecular weight is 346 g/mol. The molecule has 0 heterocycles. The van der Waals surface area contributed by atoms with Crippen LogP contribution in [-0.4, -0.2) is 20.6 Å². The molecule has 0 fully saturated rings. The second-order valence-corrected chi connectivity index (χ2v) is 6.67. The topological polar surface area (TPSA) is 63.6 Å². The van der Waals surface area contributed by atoms with Gasteiger partial charge in [0.15, 0.2) is 11.5 Å². The van der Waals surface area contributed by atoms with Crippen LogP contribution in [0.5, 0.6) is 11.5 Å². The van der Waals surface area contributed by atoms with Gasteiger partial charge in [0.25, 0.3) is 0 Å². The van der Waals surface area contributed by atoms with Crippen molar-refractivity contribution >= 4 is 9.84 Å². The predicted octanol–water partition coefficient (Wildman–Crippen LogP) is 3.56. The van der Waals surface area contributed by atoms with E-state index in [-0.39, 0.29) is 17.1 Å². The van der Waals surface area contributed by atoms with E-state index in [0.717, 1.165) is 30.3 Å². The summed E-state index contributed by atoms with van der Waals surface area (Å²) in [5.74, 6) is -0.458. The number of hydrogen-bond donors (Lipinski definition) is 1. The van der Waals surface area contributed by atoms with Gasteiger partial charge in [-0.25, -0.2) is 8.42 Å². The zero-order valence-electron chi connectivity index (χ0n) is 12.2. The highest BCUT2D eigenvalue weighted by atomic mass is 32.2. The standard InChI is InChI=1S/C15H13F3O4S/c1-9-4-3-5-11(15(16,17)18)14(9)23(20,21)10-6-7-12(19)13(8-10)22-2/h3-8,19H,1-2H3. The first-order chi connectivity index (χ1) is 10.6. The summed E-state index contributed by atoms with van der Waals surface area (Å²) in [5.41, 5.74) is -1.25. The van der Waals surface area contributed by atoms with Crippen LogP contribution in [0, 0.1) is 6.92 Å². The van der Waals surface area contributed by atoms with Gasteiger partial charge in [-0.05, 0) is 30.7 Å². The fraction of sp³-hybridized carbons (Fsp3) is 0.200. The lowest BCUT2D eigenvalue weighted by Crippen LogP contribution is -2.15. The maximum Gasteiger partial charge on any atom is 0.417 e. The number of alkyl halides is 3. The molecule has 0 bridgehead atoms. The van der Waals surface area contributed by atoms with Crippen LogP contribution in [-0.2, 0) is 16.0 Å². The number of halogens is 3. The van der Waals surface area contributed by atoms with Crippen LogP contribution in [0.3, 0.4) is 0 Å². The number of hydrogen-bond acceptors (Lipinski definition) is 4. The molecule has 2 aromatic rings. The minimum absolute atomic E-state index is 0.0214. The monoisotopic (exact) mass is 346 g/mol. The molecule has 0 atom stereocenters. The van der Waals surface area contributed by atoms with Gasteiger partial charge in [-0.15, -0.1) is 0 Å². The molecule has 0 aromatic heterocycles. The van der Waals surface area contributed by atoms with Crippen molar-refractivity contribution in [1.82, 2.24) is 0 Å². The van der Waals surface area contributed by atoms with Gasteiger partial charge in [0, 0.05) is 6.07 Å². The number of benzene rings is 2. The highest BCUT2D eigenvalue weighted by Gasteiger charge is 2.38. The Hall–Kier alpha value is -2.22. The molecule has 0 amide bonds. The Morgan fingerprint density at radius 1 is 1.13 bits per heavy atom. The van der Waals surface area contributed by atoms with Crippen molar-refractivity contribution < 1.29 is 31.4 Å². The number of aryl methyl sites for hydroxylation is 1. The van der Waals surface area contributed by atoms with Crippen LogP contribution in [0.2, 0.25) is 0 Å². The van der Waals surface area contributed by atoms with Crippen molar-refractivity contribution in [3.8, 4) is 11.5 Å². The quantitative estimate of drug-likeness (QED) is 0.923. The summed E-state index contributed by atoms with van der Waals surface area (Å²) in [6.07, 6.45) is -4.81. The predicted molar refractivity (Wildman–Crippen MR) is 76.3 cm³/mol. The van der Waals surface area contributed by atoms with Crippen LogP contribution in [0.1, 0.15) is 11.1 Å². The number of rotatable bonds is 3. The van der Waals surface area contributed by atoms with Gasteiger partial charge in [0.2, 0.25) is 9.84 Å². The van der Waals surface area contributed by atoms with Gasteiger partial charge in [0.05, 0.1) is 22.5 Å². The lowest BCUT2D eigenvalue weighted by Gasteiger charge is -2.16. The molecule has 0 spiro atoms. The van der Waals surface area contributed by atoms with Crippen molar-refractivity contribution in [3.63, 3.8) is 0 Å². The lowest BCUT2D eigenvalue weighted by atomic mass is 10.1. The van der Waals surface area contributed by atoms with Gasteiger partial charge in [-0.1, -0.05) is 12.1 Å². The molecule has 0 aliphatic carbocycles. The van der Waals surface area contributed by atoms with Crippen LogP contribution in [0.15, 0.2) is 46.2 Å². The first-order valence-electron chi connectivity index (χ1n) is 6.38. The van der Waals surface area contributed by atoms with Crippen LogP contribution in [0.4, 0.5) is 13.2 Å². The molecule has 0 aliphatic heterocycles. The highest BCUT2D eigenvalue weighted by molar-refractivity contribution is 7.91. The van der Waals surface area contributed by atoms with Gasteiger partial charge >= 0.3 is 6.18 Å². The minimum Gasteiger partial charge on any atom is -0.504 e. The van der Waals surface area contributed by atoms with E-state index in [9.17, 15) is 26.7 Å². The molecule has 2 rings (SSSR count). The molecular formula is C15H13F3O4S. The van der Waals surface area contributed by atoms with E-state index in [2.05, 4.69) is 0 Å². The van der Waals surface area contributed by atoms with E-state index >= 15 is 0 Å². The number of phenols is 1. The van der Waals surface area contributed by atoms with Gasteiger partial charge in [-0.2, -0.15) is 13.2 Å². The van der Waals surface area contributed by atoms with E-state index in [1.807, 2.05) is 0 Å². The summed E-state index contributed by atoms with van der Waals surface area (Å²) in [5, 5.41) is 9.51. The normalized spacial score (nSPS) is 12.2. The largest absolute Gasteiger partial charge is 0.504 e. The number of aromatic hydroxyl groups is 1. The summed E-state index contributed by atoms with van der Waals surface area (Å²) in [6.45, 7) is 1.29. The fourth-order valence-electron chi connectivity index (χ4n) is 2.18. The molecule has 0 saturated heterocycles. The van der Waals surface area contributed by atoms with Crippen molar-refractivity contribution in [3.05, 3.63) is 47.5 Å². The van der Waals surface area contributed by atoms with Gasteiger partial charge in [-0.3, -0.25) is 0 Å². The van der Waals surface area contributed by atoms with E-state index in [1.165, 1.54) is 20.1 Å². The van der Waals surface area contributed by atoms with E-state index in [1.54, 1.807) is 0 Å². The molecule has 124 valence electrons. The first kappa shape index (κ1) is 17.1. The van der Waals surface area contributed by atoms with Gasteiger partial charge < -0.3 is 9.84 Å². The lowest BCUT2D eigenvalue weighted by molar-refractivity contribution is -0.139. The summed E-state index contributed by atoms with van der Waals surface area (Å²) in [7, 11) is -3.24. The number of phenolic OH excluding ortho intramolecular Hbond substituents is 1. The van der Waals surface area contributed by atoms with Crippen molar-refractivity contribution in [1.29, 1.82) is 0 Å². The molecule has 1 N–H and O–H groups in total. The maximum atomic E-state index is 13.2. The molecule has 0 saturated carbocycles. The van der Waals surface area contributed by atoms with E-state index in [4.69, 9.17) is 4.74 Å². The Bertz CT molecular complexity index is 842. The van der Waals surface area contributed by atoms with Gasteiger partial charge in [0.1, 0.15) is 0 Å². The molecule has 0 radical (unpaired) electrons. The molecule has 2 aromatic carbocycles. The van der Waals surface area contributed by atoms with Crippen molar-refractivity contribution in [2.75, 3.05) is 7.11 Å². The van der Waals surface area contributed by atoms with Crippen LogP contribution >= 0.6 is 0 Å². The third-order valence-electron chi connectivity index (χ3n) is 3.25. The van der Waals surface area contributed by atoms with Crippen molar-refractivity contribution in [2.45, 2.75) is 22.9 Å². The summed E-state index contributed by atoms with van der Waals surface area (Å²) < 4.78 is 69.6. The summed E-state index contributed by atoms with van der Waals surface area (Å²) >= 11 is 0. The number of sulfone groups is 1. The fourth-order valence-corrected chi connectivity index (χ4v) is 3.89. The Kier molecular flexibility index (Phi) is 4.30. The molecule has 23 heavy (non-hydrogen) atoms. The Labute approximate surface area is 131 Å². The van der Waals surface area contributed by atoms with E-state index < -0.39 is 31.4 Å². The molecule has 0 unspecified atom stereocenters. The molecular weight excluding hydrogens is 333 g/mol. The Morgan fingerprint density at radius 2 is 1.78 bits per heavy atom. The molecule has 4 nitrogen and oxygen atoms in total. The number of methoxy groups -OCH3 is 1. The second-order valence-electron chi connectivity index (χ2n) is 4.79. The zero-order valence-corrected chi connectivity index (χ0v) is 13.0. The molecule has 8 heteroatoms. The first-order valence-corrected chi connectivity index (χ1v) is 7.86. The third-order valence-corrected chi connectivity index (χ3v) is 5.20. The minimum atomic E-state index is -4.81. The van der Waals surface area contributed by atoms with E-state index in [0.29, 0.717) is 0 Å². The SMILES string of the molecule is COc1cc(S(=O)(=O)c2c(C)cccc2C(F)(F)F)ccc1O. The van der Waals surface area contributed by atoms with Crippen molar-refractivity contribution in [2.24, 2.45) is 0 Å². The Morgan fingerprint density at radius 3 is 2.35 bits per heavy atom. The summed E-state index contributed by atoms with van der Waals surface area (Å²) in [6, 6.07) is 6.22. The maximum absolute atomic E-state index is 13.2. The van der Waals surface area contributed by atoms with Crippen LogP contribution in [0.25, 0.3) is 0 Å².